The molecular weight excluding hydrogens is 647 g/mol. The van der Waals surface area contributed by atoms with Gasteiger partial charge in [-0.15, -0.1) is 10.2 Å². The predicted octanol–water partition coefficient (Wildman–Crippen LogP) is 1.96. The summed E-state index contributed by atoms with van der Waals surface area (Å²) in [6, 6.07) is 12.2. The third kappa shape index (κ3) is 11.1. The number of para-hydroxylation sites is 2. The molecule has 2 aromatic carbocycles. The zero-order valence-electron chi connectivity index (χ0n) is 23.3. The molecule has 42 heavy (non-hydrogen) atoms. The van der Waals surface area contributed by atoms with Gasteiger partial charge in [-0.05, 0) is 35.8 Å². The number of Topliss-reactive ketones (excluding diaryl/α,β-unsaturated/α-hetero) is 2. The van der Waals surface area contributed by atoms with Gasteiger partial charge >= 0.3 is 34.1 Å². The van der Waals surface area contributed by atoms with Crippen molar-refractivity contribution < 1.29 is 75.1 Å². The largest absolute Gasteiger partial charge is 2.00 e. The molecule has 0 amide bonds. The van der Waals surface area contributed by atoms with Crippen molar-refractivity contribution >= 4 is 22.9 Å². The molecule has 4 N–H and O–H groups in total. The van der Waals surface area contributed by atoms with E-state index in [1.54, 1.807) is 24.3 Å². The van der Waals surface area contributed by atoms with Gasteiger partial charge < -0.3 is 31.4 Å². The van der Waals surface area contributed by atoms with Gasteiger partial charge in [0.05, 0.1) is 11.4 Å². The van der Waals surface area contributed by atoms with E-state index in [0.717, 1.165) is 0 Å². The van der Waals surface area contributed by atoms with Crippen LogP contribution < -0.4 is 20.4 Å². The van der Waals surface area contributed by atoms with Crippen molar-refractivity contribution in [2.24, 2.45) is 31.3 Å². The van der Waals surface area contributed by atoms with Gasteiger partial charge in [-0.3, -0.25) is 9.59 Å². The Morgan fingerprint density at radius 1 is 0.548 bits per heavy atom. The number of azo groups is 2. The SMILES string of the molecule is CC1(C)CC(=O)C(N=Nc2ccccc2[O-])=C([O-])C1.CC1(C)CC(=O)C(N=Nc2ccccc2[O-])=C([O-])C1.O.O.[Cu+2].[Cu+2]. The van der Waals surface area contributed by atoms with Crippen molar-refractivity contribution in [3.8, 4) is 11.5 Å². The fourth-order valence-electron chi connectivity index (χ4n) is 4.02. The van der Waals surface area contributed by atoms with Crippen LogP contribution in [0.5, 0.6) is 11.5 Å². The maximum Gasteiger partial charge on any atom is 2.00 e. The number of benzene rings is 2. The van der Waals surface area contributed by atoms with Gasteiger partial charge in [0.25, 0.3) is 0 Å². The van der Waals surface area contributed by atoms with Gasteiger partial charge in [-0.2, -0.15) is 10.2 Å². The molecule has 4 rings (SSSR count). The Balaban J connectivity index is 0. The van der Waals surface area contributed by atoms with Gasteiger partial charge in [0, 0.05) is 12.8 Å². The monoisotopic (exact) mass is 678 g/mol. The van der Waals surface area contributed by atoms with Crippen LogP contribution in [0, 0.1) is 10.8 Å². The first-order valence-corrected chi connectivity index (χ1v) is 12.0. The number of allylic oxidation sites excluding steroid dienone is 4. The Labute approximate surface area is 264 Å². The van der Waals surface area contributed by atoms with Crippen LogP contribution in [-0.2, 0) is 43.7 Å². The van der Waals surface area contributed by atoms with Crippen LogP contribution in [0.25, 0.3) is 0 Å². The molecule has 0 aromatic heterocycles. The second kappa shape index (κ2) is 16.9. The van der Waals surface area contributed by atoms with Gasteiger partial charge in [0.1, 0.15) is 11.4 Å². The van der Waals surface area contributed by atoms with Crippen LogP contribution in [0.4, 0.5) is 11.4 Å². The fourth-order valence-corrected chi connectivity index (χ4v) is 4.02. The first-order chi connectivity index (χ1) is 17.8. The number of hydrogen-bond acceptors (Lipinski definition) is 10. The molecule has 0 heterocycles. The minimum absolute atomic E-state index is 0. The van der Waals surface area contributed by atoms with Gasteiger partial charge in [0.15, 0.2) is 11.6 Å². The van der Waals surface area contributed by atoms with E-state index in [1.807, 2.05) is 27.7 Å². The second-order valence-corrected chi connectivity index (χ2v) is 10.8. The van der Waals surface area contributed by atoms with Crippen LogP contribution in [0.3, 0.4) is 0 Å². The van der Waals surface area contributed by atoms with Crippen molar-refractivity contribution in [3.05, 3.63) is 71.4 Å². The van der Waals surface area contributed by atoms with Crippen LogP contribution in [0.15, 0.2) is 91.9 Å². The quantitative estimate of drug-likeness (QED) is 0.345. The fraction of sp³-hybridized carbons (Fsp3) is 0.357. The molecule has 234 valence electrons. The summed E-state index contributed by atoms with van der Waals surface area (Å²) in [5.74, 6) is -1.82. The molecule has 0 bridgehead atoms. The summed E-state index contributed by atoms with van der Waals surface area (Å²) < 4.78 is 0. The summed E-state index contributed by atoms with van der Waals surface area (Å²) in [6.45, 7) is 7.46. The van der Waals surface area contributed by atoms with E-state index in [2.05, 4.69) is 20.5 Å². The van der Waals surface area contributed by atoms with E-state index in [4.69, 9.17) is 0 Å². The number of nitrogens with zero attached hydrogens (tertiary/aromatic N) is 4. The van der Waals surface area contributed by atoms with Crippen molar-refractivity contribution in [3.63, 3.8) is 0 Å². The summed E-state index contributed by atoms with van der Waals surface area (Å²) in [7, 11) is 0. The number of ketones is 2. The zero-order chi connectivity index (χ0) is 28.1. The summed E-state index contributed by atoms with van der Waals surface area (Å²) in [4.78, 5) is 23.7. The topological polar surface area (TPSA) is 239 Å². The van der Waals surface area contributed by atoms with E-state index in [9.17, 15) is 30.0 Å². The molecule has 0 saturated heterocycles. The van der Waals surface area contributed by atoms with Crippen LogP contribution in [-0.4, -0.2) is 22.5 Å². The number of hydrogen-bond donors (Lipinski definition) is 0. The summed E-state index contributed by atoms with van der Waals surface area (Å²) in [5.41, 5.74) is -0.709. The maximum absolute atomic E-state index is 11.8. The van der Waals surface area contributed by atoms with Gasteiger partial charge in [-0.1, -0.05) is 87.1 Å². The van der Waals surface area contributed by atoms with Crippen molar-refractivity contribution in [2.45, 2.75) is 53.4 Å². The average Bonchev–Trinajstić information content (AvgIpc) is 2.79. The minimum atomic E-state index is -0.330. The van der Waals surface area contributed by atoms with E-state index in [-0.39, 0.29) is 139 Å². The smallest absolute Gasteiger partial charge is 0.874 e. The van der Waals surface area contributed by atoms with Crippen LogP contribution in [0.2, 0.25) is 0 Å². The second-order valence-electron chi connectivity index (χ2n) is 10.8. The standard InChI is InChI=1S/2C14H16N2O3.2Cu.2H2O/c2*1-14(2)7-11(18)13(12(19)8-14)16-15-9-5-3-4-6-10(9)17;;;;/h2*3-6,17-18H,7-8H2,1-2H3;;;2*1H2/q;;2*+2;;/p-4. The third-order valence-corrected chi connectivity index (χ3v) is 5.86. The average molecular weight is 680 g/mol. The Morgan fingerprint density at radius 2 is 0.857 bits per heavy atom. The van der Waals surface area contributed by atoms with Crippen LogP contribution in [0.1, 0.15) is 53.4 Å². The van der Waals surface area contributed by atoms with Crippen molar-refractivity contribution in [2.75, 3.05) is 0 Å². The Kier molecular flexibility index (Phi) is 16.4. The maximum atomic E-state index is 11.8. The van der Waals surface area contributed by atoms with E-state index >= 15 is 0 Å². The van der Waals surface area contributed by atoms with Crippen LogP contribution >= 0.6 is 0 Å². The molecule has 0 saturated carbocycles. The summed E-state index contributed by atoms with van der Waals surface area (Å²) in [5, 5.41) is 61.3. The molecule has 0 aliphatic heterocycles. The minimum Gasteiger partial charge on any atom is -0.874 e. The Hall–Kier alpha value is -3.38. The summed E-state index contributed by atoms with van der Waals surface area (Å²) >= 11 is 0. The molecule has 2 aliphatic carbocycles. The van der Waals surface area contributed by atoms with E-state index in [1.165, 1.54) is 24.3 Å². The zero-order valence-corrected chi connectivity index (χ0v) is 25.2. The molecule has 2 aliphatic rings. The number of rotatable bonds is 4. The number of carbonyl (C=O) groups is 2. The third-order valence-electron chi connectivity index (χ3n) is 5.86. The molecular formula is C28H32Cu2N4O8. The van der Waals surface area contributed by atoms with E-state index < -0.39 is 0 Å². The first kappa shape index (κ1) is 40.8. The van der Waals surface area contributed by atoms with Crippen molar-refractivity contribution in [1.82, 2.24) is 0 Å². The molecule has 14 heteroatoms. The molecule has 0 spiro atoms. The normalized spacial score (nSPS) is 17.3. The number of carbonyl (C=O) groups excluding carboxylic acids is 2. The molecule has 12 nitrogen and oxygen atoms in total. The van der Waals surface area contributed by atoms with Crippen molar-refractivity contribution in [1.29, 1.82) is 0 Å². The molecule has 0 fully saturated rings. The van der Waals surface area contributed by atoms with E-state index in [0.29, 0.717) is 0 Å². The van der Waals surface area contributed by atoms with Gasteiger partial charge in [0.2, 0.25) is 0 Å². The first-order valence-electron chi connectivity index (χ1n) is 12.0. The molecule has 2 aromatic rings. The predicted molar refractivity (Wildman–Crippen MR) is 138 cm³/mol. The Bertz CT molecular complexity index is 1270. The molecule has 2 radical (unpaired) electrons. The molecule has 0 atom stereocenters. The van der Waals surface area contributed by atoms with Gasteiger partial charge in [-0.25, -0.2) is 0 Å². The molecule has 0 unspecified atom stereocenters. The summed E-state index contributed by atoms with van der Waals surface area (Å²) in [6.07, 6.45) is 1.08. The Morgan fingerprint density at radius 3 is 1.14 bits per heavy atom.